The van der Waals surface area contributed by atoms with E-state index in [1.807, 2.05) is 60.7 Å². The van der Waals surface area contributed by atoms with Crippen molar-refractivity contribution in [2.75, 3.05) is 18.5 Å². The summed E-state index contributed by atoms with van der Waals surface area (Å²) >= 11 is 0. The van der Waals surface area contributed by atoms with Crippen molar-refractivity contribution in [2.45, 2.75) is 44.2 Å². The van der Waals surface area contributed by atoms with Crippen LogP contribution in [0.3, 0.4) is 0 Å². The normalized spacial score (nSPS) is 12.8. The minimum absolute atomic E-state index is 0.0880. The summed E-state index contributed by atoms with van der Waals surface area (Å²) in [6.45, 7) is 6.62. The predicted molar refractivity (Wildman–Crippen MR) is 167 cm³/mol. The Hall–Kier alpha value is -4.76. The Bertz CT molecular complexity index is 1410. The molecular weight excluding hydrogens is 546 g/mol. The van der Waals surface area contributed by atoms with Crippen LogP contribution in [0.15, 0.2) is 98.1 Å². The van der Waals surface area contributed by atoms with Gasteiger partial charge in [-0.15, -0.1) is 13.2 Å². The molecule has 3 aromatic carbocycles. The van der Waals surface area contributed by atoms with Gasteiger partial charge >= 0.3 is 5.97 Å². The second-order valence-corrected chi connectivity index (χ2v) is 10.2. The molecule has 9 nitrogen and oxygen atoms in total. The molecule has 0 radical (unpaired) electrons. The van der Waals surface area contributed by atoms with Gasteiger partial charge in [0.25, 0.3) is 5.91 Å². The van der Waals surface area contributed by atoms with Gasteiger partial charge in [0.15, 0.2) is 0 Å². The van der Waals surface area contributed by atoms with Crippen LogP contribution in [0.5, 0.6) is 0 Å². The third-order valence-electron chi connectivity index (χ3n) is 6.78. The highest BCUT2D eigenvalue weighted by Gasteiger charge is 2.28. The molecule has 43 heavy (non-hydrogen) atoms. The van der Waals surface area contributed by atoms with E-state index in [1.54, 1.807) is 18.2 Å². The van der Waals surface area contributed by atoms with E-state index in [2.05, 4.69) is 29.1 Å². The Balaban J connectivity index is 1.69. The molecule has 0 aliphatic heterocycles. The lowest BCUT2D eigenvalue weighted by molar-refractivity contribution is -0.146. The Kier molecular flexibility index (Phi) is 13.1. The first-order valence-electron chi connectivity index (χ1n) is 14.2. The molecule has 0 saturated carbocycles. The van der Waals surface area contributed by atoms with Crippen LogP contribution in [0.2, 0.25) is 0 Å². The lowest BCUT2D eigenvalue weighted by Crippen LogP contribution is -2.49. The summed E-state index contributed by atoms with van der Waals surface area (Å²) in [5, 5.41) is 19.9. The first-order chi connectivity index (χ1) is 20.8. The summed E-state index contributed by atoms with van der Waals surface area (Å²) in [6.07, 6.45) is 4.00. The molecule has 3 rings (SSSR count). The van der Waals surface area contributed by atoms with E-state index in [4.69, 9.17) is 4.74 Å². The number of aliphatic hydroxyl groups excluding tert-OH is 1. The molecule has 0 fully saturated rings. The average Bonchev–Trinajstić information content (AvgIpc) is 3.01. The molecule has 3 aromatic rings. The molecule has 3 atom stereocenters. The summed E-state index contributed by atoms with van der Waals surface area (Å²) in [4.78, 5) is 51.7. The Morgan fingerprint density at radius 3 is 2.28 bits per heavy atom. The Morgan fingerprint density at radius 1 is 0.860 bits per heavy atom. The van der Waals surface area contributed by atoms with Gasteiger partial charge in [0.05, 0.1) is 18.6 Å². The third-order valence-corrected chi connectivity index (χ3v) is 6.78. The van der Waals surface area contributed by atoms with Crippen LogP contribution < -0.4 is 16.0 Å². The number of fused-ring (bicyclic) bond motifs is 1. The second kappa shape index (κ2) is 17.3. The molecule has 3 amide bonds. The van der Waals surface area contributed by atoms with E-state index >= 15 is 0 Å². The number of rotatable bonds is 17. The topological polar surface area (TPSA) is 134 Å². The van der Waals surface area contributed by atoms with Gasteiger partial charge in [-0.2, -0.15) is 0 Å². The fraction of sp³-hybridized carbons (Fsp3) is 0.294. The van der Waals surface area contributed by atoms with Crippen molar-refractivity contribution in [3.63, 3.8) is 0 Å². The summed E-state index contributed by atoms with van der Waals surface area (Å²) in [7, 11) is 0. The van der Waals surface area contributed by atoms with Crippen LogP contribution in [0.25, 0.3) is 10.8 Å². The molecular formula is C34H39N3O6. The smallest absolute Gasteiger partial charge is 0.306 e. The van der Waals surface area contributed by atoms with Gasteiger partial charge in [0.1, 0.15) is 12.6 Å². The number of ether oxygens (including phenoxy) is 1. The lowest BCUT2D eigenvalue weighted by atomic mass is 9.98. The van der Waals surface area contributed by atoms with E-state index in [0.29, 0.717) is 18.5 Å². The number of carbonyl (C=O) groups excluding carboxylic acids is 4. The first-order valence-corrected chi connectivity index (χ1v) is 14.2. The molecule has 0 bridgehead atoms. The van der Waals surface area contributed by atoms with E-state index in [9.17, 15) is 24.3 Å². The molecule has 0 aliphatic rings. The number of amides is 3. The van der Waals surface area contributed by atoms with Crippen LogP contribution >= 0.6 is 0 Å². The maximum atomic E-state index is 13.4. The van der Waals surface area contributed by atoms with Crippen molar-refractivity contribution in [2.24, 2.45) is 5.92 Å². The van der Waals surface area contributed by atoms with Gasteiger partial charge in [-0.1, -0.05) is 72.8 Å². The van der Waals surface area contributed by atoms with Crippen molar-refractivity contribution >= 4 is 40.2 Å². The van der Waals surface area contributed by atoms with Crippen molar-refractivity contribution in [3.05, 3.63) is 104 Å². The number of aliphatic hydroxyl groups is 1. The van der Waals surface area contributed by atoms with Gasteiger partial charge in [-0.3, -0.25) is 19.2 Å². The number of hydrogen-bond donors (Lipinski definition) is 4. The van der Waals surface area contributed by atoms with E-state index < -0.39 is 48.3 Å². The van der Waals surface area contributed by atoms with Gasteiger partial charge in [0.2, 0.25) is 11.8 Å². The zero-order valence-electron chi connectivity index (χ0n) is 24.2. The molecule has 0 heterocycles. The molecule has 9 heteroatoms. The fourth-order valence-corrected chi connectivity index (χ4v) is 4.49. The first kappa shape index (κ1) is 32.8. The standard InChI is InChI=1S/C34H39N3O6/c1-3-5-16-32(40)43-23-30(34(42)36-28-18-17-25-14-9-10-15-26(25)20-28)37-33(41)27(11-4-2)21-31(39)35-29(22-38)19-24-12-7-6-8-13-24/h3-4,6-10,12-15,17-18,20,27,29-30,38H,1-2,5,11,16,19,21-23H2,(H,35,39)(H,36,42)(H,37,41)/t27-,29-,30-/m0/s1. The number of benzene rings is 3. The highest BCUT2D eigenvalue weighted by atomic mass is 16.5. The fourth-order valence-electron chi connectivity index (χ4n) is 4.49. The molecule has 0 aromatic heterocycles. The molecule has 0 aliphatic carbocycles. The van der Waals surface area contributed by atoms with Crippen LogP contribution in [0, 0.1) is 5.92 Å². The number of carbonyl (C=O) groups is 4. The van der Waals surface area contributed by atoms with E-state index in [0.717, 1.165) is 16.3 Å². The number of hydrogen-bond acceptors (Lipinski definition) is 6. The van der Waals surface area contributed by atoms with Crippen LogP contribution in [-0.2, 0) is 30.3 Å². The third kappa shape index (κ3) is 10.9. The van der Waals surface area contributed by atoms with Crippen LogP contribution in [0.1, 0.15) is 31.2 Å². The van der Waals surface area contributed by atoms with Crippen molar-refractivity contribution in [1.82, 2.24) is 10.6 Å². The highest BCUT2D eigenvalue weighted by Crippen LogP contribution is 2.19. The molecule has 226 valence electrons. The minimum Gasteiger partial charge on any atom is -0.463 e. The summed E-state index contributed by atoms with van der Waals surface area (Å²) in [6, 6.07) is 20.8. The number of allylic oxidation sites excluding steroid dienone is 2. The maximum absolute atomic E-state index is 13.4. The summed E-state index contributed by atoms with van der Waals surface area (Å²) < 4.78 is 5.29. The summed E-state index contributed by atoms with van der Waals surface area (Å²) in [5.74, 6) is -2.95. The number of esters is 1. The highest BCUT2D eigenvalue weighted by molar-refractivity contribution is 5.99. The predicted octanol–water partition coefficient (Wildman–Crippen LogP) is 4.07. The minimum atomic E-state index is -1.22. The van der Waals surface area contributed by atoms with Crippen LogP contribution in [0.4, 0.5) is 5.69 Å². The Morgan fingerprint density at radius 2 is 1.58 bits per heavy atom. The van der Waals surface area contributed by atoms with Gasteiger partial charge in [0, 0.05) is 18.5 Å². The van der Waals surface area contributed by atoms with Gasteiger partial charge < -0.3 is 25.8 Å². The van der Waals surface area contributed by atoms with Crippen molar-refractivity contribution < 1.29 is 29.0 Å². The zero-order valence-corrected chi connectivity index (χ0v) is 24.2. The number of nitrogens with one attached hydrogen (secondary N) is 3. The second-order valence-electron chi connectivity index (χ2n) is 10.2. The van der Waals surface area contributed by atoms with Crippen molar-refractivity contribution in [3.8, 4) is 0 Å². The van der Waals surface area contributed by atoms with Crippen LogP contribution in [-0.4, -0.2) is 54.1 Å². The molecule has 4 N–H and O–H groups in total. The quantitative estimate of drug-likeness (QED) is 0.139. The van der Waals surface area contributed by atoms with Gasteiger partial charge in [-0.25, -0.2) is 0 Å². The van der Waals surface area contributed by atoms with Gasteiger partial charge in [-0.05, 0) is 47.7 Å². The zero-order chi connectivity index (χ0) is 31.0. The largest absolute Gasteiger partial charge is 0.463 e. The lowest BCUT2D eigenvalue weighted by Gasteiger charge is -2.23. The molecule has 0 saturated heterocycles. The molecule has 0 unspecified atom stereocenters. The Labute approximate surface area is 252 Å². The summed E-state index contributed by atoms with van der Waals surface area (Å²) in [5.41, 5.74) is 1.46. The SMILES string of the molecule is C=CCCC(=O)OC[C@H](NC(=O)[C@@H](CC=C)CC(=O)N[C@H](CO)Cc1ccccc1)C(=O)Nc1ccc2ccccc2c1. The monoisotopic (exact) mass is 585 g/mol. The van der Waals surface area contributed by atoms with Crippen molar-refractivity contribution in [1.29, 1.82) is 0 Å². The van der Waals surface area contributed by atoms with E-state index in [-0.39, 0.29) is 25.9 Å². The van der Waals surface area contributed by atoms with E-state index in [1.165, 1.54) is 6.08 Å². The average molecular weight is 586 g/mol. The maximum Gasteiger partial charge on any atom is 0.306 e. The molecule has 0 spiro atoms. The number of anilines is 1.